The number of hydrogen-bond acceptors (Lipinski definition) is 3. The molecule has 0 aromatic carbocycles. The molecule has 1 aliphatic rings. The molecule has 1 saturated heterocycles. The Bertz CT molecular complexity index is 283. The van der Waals surface area contributed by atoms with E-state index in [4.69, 9.17) is 4.74 Å². The maximum atomic E-state index is 11.6. The minimum Gasteiger partial charge on any atom is -0.460 e. The average molecular weight is 228 g/mol. The fourth-order valence-corrected chi connectivity index (χ4v) is 1.66. The summed E-state index contributed by atoms with van der Waals surface area (Å²) in [7, 11) is 1.72. The van der Waals surface area contributed by atoms with Crippen LogP contribution < -0.4 is 5.32 Å². The molecule has 5 nitrogen and oxygen atoms in total. The van der Waals surface area contributed by atoms with Crippen molar-refractivity contribution in [3.05, 3.63) is 0 Å². The van der Waals surface area contributed by atoms with E-state index in [1.54, 1.807) is 11.9 Å². The van der Waals surface area contributed by atoms with E-state index in [2.05, 4.69) is 5.32 Å². The van der Waals surface area contributed by atoms with E-state index in [9.17, 15) is 9.59 Å². The monoisotopic (exact) mass is 228 g/mol. The van der Waals surface area contributed by atoms with E-state index in [0.717, 1.165) is 0 Å². The highest BCUT2D eigenvalue weighted by Gasteiger charge is 2.26. The van der Waals surface area contributed by atoms with E-state index in [1.165, 1.54) is 0 Å². The van der Waals surface area contributed by atoms with Crippen LogP contribution >= 0.6 is 0 Å². The maximum Gasteiger partial charge on any atom is 0.317 e. The van der Waals surface area contributed by atoms with Gasteiger partial charge < -0.3 is 15.0 Å². The maximum absolute atomic E-state index is 11.6. The van der Waals surface area contributed by atoms with Gasteiger partial charge in [0.1, 0.15) is 5.60 Å². The lowest BCUT2D eigenvalue weighted by molar-refractivity contribution is -0.156. The van der Waals surface area contributed by atoms with Gasteiger partial charge in [0.25, 0.3) is 0 Å². The van der Waals surface area contributed by atoms with Crippen molar-refractivity contribution in [2.45, 2.75) is 32.8 Å². The van der Waals surface area contributed by atoms with Gasteiger partial charge in [0.15, 0.2) is 0 Å². The second-order valence-electron chi connectivity index (χ2n) is 5.22. The second-order valence-corrected chi connectivity index (χ2v) is 5.22. The molecule has 2 amide bonds. The second kappa shape index (κ2) is 4.72. The van der Waals surface area contributed by atoms with Gasteiger partial charge in [-0.15, -0.1) is 0 Å². The summed E-state index contributed by atoms with van der Waals surface area (Å²) in [5.74, 6) is -0.0698. The van der Waals surface area contributed by atoms with Gasteiger partial charge in [-0.05, 0) is 20.8 Å². The highest BCUT2D eigenvalue weighted by atomic mass is 16.6. The normalized spacial score (nSPS) is 21.6. The first kappa shape index (κ1) is 12.8. The van der Waals surface area contributed by atoms with Crippen molar-refractivity contribution < 1.29 is 14.3 Å². The molecular formula is C11H20N2O3. The fraction of sp³-hybridized carbons (Fsp3) is 0.818. The number of amides is 2. The number of ether oxygens (including phenoxy) is 1. The highest BCUT2D eigenvalue weighted by molar-refractivity contribution is 5.75. The summed E-state index contributed by atoms with van der Waals surface area (Å²) >= 11 is 0. The predicted octanol–water partition coefficient (Wildman–Crippen LogP) is 0.989. The third kappa shape index (κ3) is 4.08. The van der Waals surface area contributed by atoms with E-state index < -0.39 is 5.60 Å². The standard InChI is InChI=1S/C11H20N2O3/c1-11(2,3)16-9(14)5-8-6-12-10(15)13(4)7-8/h8H,5-7H2,1-4H3,(H,12,15). The van der Waals surface area contributed by atoms with Crippen LogP contribution in [0, 0.1) is 5.92 Å². The Kier molecular flexibility index (Phi) is 3.78. The molecule has 1 aliphatic heterocycles. The lowest BCUT2D eigenvalue weighted by Crippen LogP contribution is -2.49. The molecule has 1 rings (SSSR count). The SMILES string of the molecule is CN1CC(CC(=O)OC(C)(C)C)CNC1=O. The molecular weight excluding hydrogens is 208 g/mol. The largest absolute Gasteiger partial charge is 0.460 e. The summed E-state index contributed by atoms with van der Waals surface area (Å²) < 4.78 is 5.23. The zero-order chi connectivity index (χ0) is 12.3. The summed E-state index contributed by atoms with van der Waals surface area (Å²) in [6.45, 7) is 6.69. The Morgan fingerprint density at radius 3 is 2.69 bits per heavy atom. The molecule has 0 aromatic heterocycles. The molecule has 1 unspecified atom stereocenters. The molecule has 1 N–H and O–H groups in total. The summed E-state index contributed by atoms with van der Waals surface area (Å²) in [5.41, 5.74) is -0.444. The van der Waals surface area contributed by atoms with Crippen LogP contribution in [-0.4, -0.2) is 42.6 Å². The van der Waals surface area contributed by atoms with Crippen LogP contribution in [0.2, 0.25) is 0 Å². The number of esters is 1. The molecule has 0 spiro atoms. The molecule has 0 bridgehead atoms. The first-order chi connectivity index (χ1) is 7.28. The van der Waals surface area contributed by atoms with Crippen LogP contribution in [0.15, 0.2) is 0 Å². The van der Waals surface area contributed by atoms with E-state index in [0.29, 0.717) is 19.5 Å². The number of carbonyl (C=O) groups excluding carboxylic acids is 2. The molecule has 16 heavy (non-hydrogen) atoms. The summed E-state index contributed by atoms with van der Waals surface area (Å²) in [6.07, 6.45) is 0.349. The Morgan fingerprint density at radius 1 is 1.56 bits per heavy atom. The van der Waals surface area contributed by atoms with Crippen LogP contribution in [0.4, 0.5) is 4.79 Å². The van der Waals surface area contributed by atoms with Gasteiger partial charge in [-0.25, -0.2) is 4.79 Å². The zero-order valence-corrected chi connectivity index (χ0v) is 10.4. The summed E-state index contributed by atoms with van der Waals surface area (Å²) in [4.78, 5) is 24.3. The lowest BCUT2D eigenvalue weighted by Gasteiger charge is -2.30. The van der Waals surface area contributed by atoms with Gasteiger partial charge in [-0.2, -0.15) is 0 Å². The number of rotatable bonds is 2. The van der Waals surface area contributed by atoms with Gasteiger partial charge in [0.2, 0.25) is 0 Å². The van der Waals surface area contributed by atoms with Crippen molar-refractivity contribution >= 4 is 12.0 Å². The third-order valence-electron chi connectivity index (χ3n) is 2.30. The van der Waals surface area contributed by atoms with Gasteiger partial charge in [0, 0.05) is 26.1 Å². The van der Waals surface area contributed by atoms with Gasteiger partial charge >= 0.3 is 12.0 Å². The van der Waals surface area contributed by atoms with Crippen LogP contribution in [-0.2, 0) is 9.53 Å². The summed E-state index contributed by atoms with van der Waals surface area (Å²) in [5, 5.41) is 2.73. The molecule has 0 aliphatic carbocycles. The quantitative estimate of drug-likeness (QED) is 0.717. The molecule has 92 valence electrons. The fourth-order valence-electron chi connectivity index (χ4n) is 1.66. The van der Waals surface area contributed by atoms with Crippen LogP contribution in [0.5, 0.6) is 0 Å². The Labute approximate surface area is 96.1 Å². The smallest absolute Gasteiger partial charge is 0.317 e. The number of nitrogens with one attached hydrogen (secondary N) is 1. The first-order valence-electron chi connectivity index (χ1n) is 5.49. The minimum atomic E-state index is -0.444. The number of urea groups is 1. The zero-order valence-electron chi connectivity index (χ0n) is 10.4. The van der Waals surface area contributed by atoms with Crippen molar-refractivity contribution in [2.24, 2.45) is 5.92 Å². The van der Waals surface area contributed by atoms with Crippen LogP contribution in [0.1, 0.15) is 27.2 Å². The van der Waals surface area contributed by atoms with Gasteiger partial charge in [-0.1, -0.05) is 0 Å². The van der Waals surface area contributed by atoms with E-state index in [1.807, 2.05) is 20.8 Å². The Morgan fingerprint density at radius 2 is 2.19 bits per heavy atom. The molecule has 1 heterocycles. The molecule has 0 radical (unpaired) electrons. The summed E-state index contributed by atoms with van der Waals surface area (Å²) in [6, 6.07) is -0.0829. The predicted molar refractivity (Wildman–Crippen MR) is 60.0 cm³/mol. The third-order valence-corrected chi connectivity index (χ3v) is 2.30. The van der Waals surface area contributed by atoms with Gasteiger partial charge in [0.05, 0.1) is 6.42 Å². The van der Waals surface area contributed by atoms with E-state index in [-0.39, 0.29) is 17.9 Å². The van der Waals surface area contributed by atoms with Crippen LogP contribution in [0.3, 0.4) is 0 Å². The average Bonchev–Trinajstić information content (AvgIpc) is 2.08. The van der Waals surface area contributed by atoms with Crippen LogP contribution in [0.25, 0.3) is 0 Å². The number of nitrogens with zero attached hydrogens (tertiary/aromatic N) is 1. The molecule has 1 atom stereocenters. The Balaban J connectivity index is 2.38. The van der Waals surface area contributed by atoms with Crippen molar-refractivity contribution in [3.8, 4) is 0 Å². The number of carbonyl (C=O) groups is 2. The van der Waals surface area contributed by atoms with Crippen molar-refractivity contribution in [1.29, 1.82) is 0 Å². The number of hydrogen-bond donors (Lipinski definition) is 1. The molecule has 1 fully saturated rings. The topological polar surface area (TPSA) is 58.6 Å². The minimum absolute atomic E-state index is 0.0829. The van der Waals surface area contributed by atoms with Crippen molar-refractivity contribution in [3.63, 3.8) is 0 Å². The van der Waals surface area contributed by atoms with Gasteiger partial charge in [-0.3, -0.25) is 4.79 Å². The molecule has 0 saturated carbocycles. The lowest BCUT2D eigenvalue weighted by atomic mass is 10.0. The van der Waals surface area contributed by atoms with Crippen molar-refractivity contribution in [2.75, 3.05) is 20.1 Å². The first-order valence-corrected chi connectivity index (χ1v) is 5.49. The van der Waals surface area contributed by atoms with E-state index >= 15 is 0 Å². The molecule has 5 heteroatoms. The molecule has 0 aromatic rings. The highest BCUT2D eigenvalue weighted by Crippen LogP contribution is 2.14. The Hall–Kier alpha value is -1.26. The van der Waals surface area contributed by atoms with Crippen molar-refractivity contribution in [1.82, 2.24) is 10.2 Å².